The number of ether oxygens (including phenoxy) is 1. The highest BCUT2D eigenvalue weighted by atomic mass is 16.5. The van der Waals surface area contributed by atoms with E-state index >= 15 is 0 Å². The summed E-state index contributed by atoms with van der Waals surface area (Å²) in [6.45, 7) is 5.89. The number of nitrogens with zero attached hydrogens (tertiary/aromatic N) is 1. The summed E-state index contributed by atoms with van der Waals surface area (Å²) in [5.74, 6) is 0.242. The van der Waals surface area contributed by atoms with Crippen LogP contribution in [-0.2, 0) is 14.9 Å². The van der Waals surface area contributed by atoms with Gasteiger partial charge in [0, 0.05) is 31.2 Å². The van der Waals surface area contributed by atoms with Crippen molar-refractivity contribution in [3.8, 4) is 0 Å². The van der Waals surface area contributed by atoms with E-state index < -0.39 is 0 Å². The Morgan fingerprint density at radius 2 is 2.00 bits per heavy atom. The fourth-order valence-corrected chi connectivity index (χ4v) is 3.21. The van der Waals surface area contributed by atoms with Crippen molar-refractivity contribution in [3.05, 3.63) is 47.7 Å². The average molecular weight is 343 g/mol. The van der Waals surface area contributed by atoms with Crippen molar-refractivity contribution < 1.29 is 14.1 Å². The molecule has 1 aliphatic heterocycles. The molecule has 0 aliphatic carbocycles. The molecule has 2 N–H and O–H groups in total. The number of aromatic nitrogens is 1. The first-order valence-electron chi connectivity index (χ1n) is 8.70. The van der Waals surface area contributed by atoms with Gasteiger partial charge in [0.2, 0.25) is 11.8 Å². The number of carbonyl (C=O) groups excluding carboxylic acids is 1. The maximum Gasteiger partial charge on any atom is 0.243 e. The molecule has 1 saturated heterocycles. The Bertz CT molecular complexity index is 693. The second kappa shape index (κ2) is 7.80. The SMILES string of the molecule is Cc1cc(NC(=O)[C@@H](C)NCC2(c3ccccc3)CCOCC2)on1. The quantitative estimate of drug-likeness (QED) is 0.843. The number of amides is 1. The van der Waals surface area contributed by atoms with Gasteiger partial charge in [0.15, 0.2) is 0 Å². The summed E-state index contributed by atoms with van der Waals surface area (Å²) in [6.07, 6.45) is 1.89. The molecule has 3 rings (SSSR count). The summed E-state index contributed by atoms with van der Waals surface area (Å²) in [7, 11) is 0. The maximum absolute atomic E-state index is 12.3. The third kappa shape index (κ3) is 4.27. The molecule has 0 radical (unpaired) electrons. The smallest absolute Gasteiger partial charge is 0.243 e. The molecule has 1 aliphatic rings. The van der Waals surface area contributed by atoms with Crippen molar-refractivity contribution in [1.29, 1.82) is 0 Å². The van der Waals surface area contributed by atoms with Gasteiger partial charge in [-0.3, -0.25) is 10.1 Å². The van der Waals surface area contributed by atoms with Crippen LogP contribution in [0.3, 0.4) is 0 Å². The Hall–Kier alpha value is -2.18. The van der Waals surface area contributed by atoms with Crippen LogP contribution in [0, 0.1) is 6.92 Å². The molecule has 0 unspecified atom stereocenters. The first-order valence-corrected chi connectivity index (χ1v) is 8.70. The second-order valence-electron chi connectivity index (χ2n) is 6.68. The van der Waals surface area contributed by atoms with Gasteiger partial charge in [0.25, 0.3) is 0 Å². The van der Waals surface area contributed by atoms with Gasteiger partial charge in [0.05, 0.1) is 11.7 Å². The minimum atomic E-state index is -0.339. The molecule has 1 amide bonds. The molecule has 6 heteroatoms. The Kier molecular flexibility index (Phi) is 5.50. The minimum Gasteiger partial charge on any atom is -0.381 e. The lowest BCUT2D eigenvalue weighted by Crippen LogP contribution is -2.48. The molecule has 1 aromatic carbocycles. The standard InChI is InChI=1S/C19H25N3O3/c1-14-12-17(25-22-14)21-18(23)15(2)20-13-19(8-10-24-11-9-19)16-6-4-3-5-7-16/h3-7,12,15,20H,8-11,13H2,1-2H3,(H,21,23)/t15-/m1/s1. The van der Waals surface area contributed by atoms with Gasteiger partial charge in [0.1, 0.15) is 0 Å². The molecule has 1 atom stereocenters. The van der Waals surface area contributed by atoms with Crippen LogP contribution in [-0.4, -0.2) is 36.9 Å². The van der Waals surface area contributed by atoms with E-state index in [1.165, 1.54) is 5.56 Å². The monoisotopic (exact) mass is 343 g/mol. The molecule has 0 bridgehead atoms. The van der Waals surface area contributed by atoms with Gasteiger partial charge in [-0.2, -0.15) is 0 Å². The normalized spacial score (nSPS) is 17.8. The Labute approximate surface area is 147 Å². The van der Waals surface area contributed by atoms with Gasteiger partial charge < -0.3 is 14.6 Å². The van der Waals surface area contributed by atoms with Crippen LogP contribution >= 0.6 is 0 Å². The highest BCUT2D eigenvalue weighted by Gasteiger charge is 2.35. The number of carbonyl (C=O) groups is 1. The van der Waals surface area contributed by atoms with Gasteiger partial charge >= 0.3 is 0 Å². The third-order valence-electron chi connectivity index (χ3n) is 4.85. The van der Waals surface area contributed by atoms with Crippen LogP contribution < -0.4 is 10.6 Å². The van der Waals surface area contributed by atoms with Crippen molar-refractivity contribution >= 4 is 11.8 Å². The van der Waals surface area contributed by atoms with E-state index in [0.29, 0.717) is 5.88 Å². The summed E-state index contributed by atoms with van der Waals surface area (Å²) >= 11 is 0. The molecule has 0 spiro atoms. The molecule has 2 aromatic rings. The zero-order chi connectivity index (χ0) is 17.7. The molecular weight excluding hydrogens is 318 g/mol. The predicted molar refractivity (Wildman–Crippen MR) is 95.5 cm³/mol. The zero-order valence-electron chi connectivity index (χ0n) is 14.7. The maximum atomic E-state index is 12.3. The van der Waals surface area contributed by atoms with E-state index in [1.54, 1.807) is 6.07 Å². The van der Waals surface area contributed by atoms with E-state index in [1.807, 2.05) is 19.9 Å². The zero-order valence-corrected chi connectivity index (χ0v) is 14.7. The lowest BCUT2D eigenvalue weighted by molar-refractivity contribution is -0.118. The van der Waals surface area contributed by atoms with Crippen LogP contribution in [0.25, 0.3) is 0 Å². The highest BCUT2D eigenvalue weighted by molar-refractivity contribution is 5.93. The van der Waals surface area contributed by atoms with E-state index in [-0.39, 0.29) is 17.4 Å². The predicted octanol–water partition coefficient (Wildman–Crippen LogP) is 2.65. The highest BCUT2D eigenvalue weighted by Crippen LogP contribution is 2.34. The first-order chi connectivity index (χ1) is 12.1. The van der Waals surface area contributed by atoms with Crippen LogP contribution in [0.4, 0.5) is 5.88 Å². The number of benzene rings is 1. The van der Waals surface area contributed by atoms with Crippen LogP contribution in [0.15, 0.2) is 40.9 Å². The molecule has 25 heavy (non-hydrogen) atoms. The van der Waals surface area contributed by atoms with Gasteiger partial charge in [-0.25, -0.2) is 0 Å². The first kappa shape index (κ1) is 17.6. The summed E-state index contributed by atoms with van der Waals surface area (Å²) in [6, 6.07) is 11.8. The fourth-order valence-electron chi connectivity index (χ4n) is 3.21. The van der Waals surface area contributed by atoms with Crippen molar-refractivity contribution in [1.82, 2.24) is 10.5 Å². The molecule has 2 heterocycles. The second-order valence-corrected chi connectivity index (χ2v) is 6.68. The Morgan fingerprint density at radius 3 is 2.64 bits per heavy atom. The average Bonchev–Trinajstić information content (AvgIpc) is 3.06. The summed E-state index contributed by atoms with van der Waals surface area (Å²) in [4.78, 5) is 12.3. The molecule has 0 saturated carbocycles. The van der Waals surface area contributed by atoms with E-state index in [0.717, 1.165) is 38.3 Å². The third-order valence-corrected chi connectivity index (χ3v) is 4.85. The van der Waals surface area contributed by atoms with Crippen molar-refractivity contribution in [2.45, 2.75) is 38.1 Å². The van der Waals surface area contributed by atoms with Gasteiger partial charge in [-0.15, -0.1) is 0 Å². The molecule has 1 fully saturated rings. The Balaban J connectivity index is 1.63. The molecule has 6 nitrogen and oxygen atoms in total. The van der Waals surface area contributed by atoms with E-state index in [2.05, 4.69) is 40.1 Å². The fraction of sp³-hybridized carbons (Fsp3) is 0.474. The van der Waals surface area contributed by atoms with Crippen LogP contribution in [0.5, 0.6) is 0 Å². The molecule has 134 valence electrons. The van der Waals surface area contributed by atoms with Gasteiger partial charge in [-0.1, -0.05) is 35.5 Å². The number of nitrogens with one attached hydrogen (secondary N) is 2. The molecular formula is C19H25N3O3. The Morgan fingerprint density at radius 1 is 1.28 bits per heavy atom. The lowest BCUT2D eigenvalue weighted by atomic mass is 9.74. The minimum absolute atomic E-state index is 0.00310. The summed E-state index contributed by atoms with van der Waals surface area (Å²) in [5, 5.41) is 9.91. The summed E-state index contributed by atoms with van der Waals surface area (Å²) < 4.78 is 10.6. The van der Waals surface area contributed by atoms with Crippen LogP contribution in [0.2, 0.25) is 0 Å². The number of hydrogen-bond acceptors (Lipinski definition) is 5. The van der Waals surface area contributed by atoms with Crippen molar-refractivity contribution in [2.75, 3.05) is 25.1 Å². The van der Waals surface area contributed by atoms with Gasteiger partial charge in [-0.05, 0) is 32.3 Å². The molecule has 1 aromatic heterocycles. The van der Waals surface area contributed by atoms with E-state index in [9.17, 15) is 4.79 Å². The van der Waals surface area contributed by atoms with Crippen LogP contribution in [0.1, 0.15) is 31.0 Å². The summed E-state index contributed by atoms with van der Waals surface area (Å²) in [5.41, 5.74) is 2.03. The number of hydrogen-bond donors (Lipinski definition) is 2. The van der Waals surface area contributed by atoms with E-state index in [4.69, 9.17) is 9.26 Å². The van der Waals surface area contributed by atoms with Crippen molar-refractivity contribution in [2.24, 2.45) is 0 Å². The van der Waals surface area contributed by atoms with Crippen molar-refractivity contribution in [3.63, 3.8) is 0 Å². The topological polar surface area (TPSA) is 76.4 Å². The number of aryl methyl sites for hydroxylation is 1. The largest absolute Gasteiger partial charge is 0.381 e. The number of rotatable bonds is 6. The number of anilines is 1. The lowest BCUT2D eigenvalue weighted by Gasteiger charge is -2.38.